The Kier molecular flexibility index (Phi) is 9.17. The maximum atomic E-state index is 13.7. The molecule has 2 saturated heterocycles. The van der Waals surface area contributed by atoms with E-state index in [1.807, 2.05) is 4.90 Å². The third-order valence-corrected chi connectivity index (χ3v) is 9.17. The summed E-state index contributed by atoms with van der Waals surface area (Å²) in [5.41, 5.74) is 6.20. The SMILES string of the molecule is NCC1CCC(CNC(=O)[C@H]2CC(N(CC3CCCO3)C(=O)C3CC3)CCN2C(=O)c2ccc(F)cc2)CC1. The first kappa shape index (κ1) is 28.0. The number of halogens is 1. The topological polar surface area (TPSA) is 105 Å². The highest BCUT2D eigenvalue weighted by Gasteiger charge is 2.43. The van der Waals surface area contributed by atoms with Crippen LogP contribution in [0.4, 0.5) is 4.39 Å². The van der Waals surface area contributed by atoms with Gasteiger partial charge in [0.05, 0.1) is 6.10 Å². The number of nitrogens with zero attached hydrogens (tertiary/aromatic N) is 2. The minimum Gasteiger partial charge on any atom is -0.376 e. The normalized spacial score (nSPS) is 29.2. The summed E-state index contributed by atoms with van der Waals surface area (Å²) in [6, 6.07) is 4.65. The van der Waals surface area contributed by atoms with Gasteiger partial charge in [0.15, 0.2) is 0 Å². The Hall–Kier alpha value is -2.52. The number of benzene rings is 1. The van der Waals surface area contributed by atoms with Crippen LogP contribution in [0.25, 0.3) is 0 Å². The molecule has 2 saturated carbocycles. The van der Waals surface area contributed by atoms with Crippen LogP contribution < -0.4 is 11.1 Å². The Morgan fingerprint density at radius 1 is 1.00 bits per heavy atom. The Morgan fingerprint density at radius 3 is 2.36 bits per heavy atom. The van der Waals surface area contributed by atoms with Gasteiger partial charge in [-0.05, 0) is 107 Å². The van der Waals surface area contributed by atoms with Crippen molar-refractivity contribution in [1.82, 2.24) is 15.1 Å². The summed E-state index contributed by atoms with van der Waals surface area (Å²) in [5.74, 6) is 0.338. The Labute approximate surface area is 230 Å². The molecule has 1 aromatic carbocycles. The average molecular weight is 543 g/mol. The third kappa shape index (κ3) is 6.98. The van der Waals surface area contributed by atoms with Gasteiger partial charge in [-0.1, -0.05) is 0 Å². The van der Waals surface area contributed by atoms with Crippen LogP contribution >= 0.6 is 0 Å². The van der Waals surface area contributed by atoms with Crippen molar-refractivity contribution in [1.29, 1.82) is 0 Å². The lowest BCUT2D eigenvalue weighted by atomic mass is 9.82. The molecular formula is C30H43FN4O4. The van der Waals surface area contributed by atoms with E-state index in [4.69, 9.17) is 10.5 Å². The molecular weight excluding hydrogens is 499 g/mol. The predicted octanol–water partition coefficient (Wildman–Crippen LogP) is 3.10. The molecule has 39 heavy (non-hydrogen) atoms. The number of rotatable bonds is 9. The summed E-state index contributed by atoms with van der Waals surface area (Å²) in [6.07, 6.45) is 9.04. The lowest BCUT2D eigenvalue weighted by Crippen LogP contribution is -2.59. The van der Waals surface area contributed by atoms with Crippen molar-refractivity contribution in [2.24, 2.45) is 23.5 Å². The van der Waals surface area contributed by atoms with E-state index in [2.05, 4.69) is 5.32 Å². The van der Waals surface area contributed by atoms with Crippen LogP contribution in [0.15, 0.2) is 24.3 Å². The monoisotopic (exact) mass is 542 g/mol. The number of piperidine rings is 1. The molecule has 5 rings (SSSR count). The summed E-state index contributed by atoms with van der Waals surface area (Å²) < 4.78 is 19.4. The molecule has 2 heterocycles. The number of nitrogens with one attached hydrogen (secondary N) is 1. The molecule has 9 heteroatoms. The summed E-state index contributed by atoms with van der Waals surface area (Å²) >= 11 is 0. The van der Waals surface area contributed by atoms with Gasteiger partial charge >= 0.3 is 0 Å². The van der Waals surface area contributed by atoms with Gasteiger partial charge in [0.1, 0.15) is 11.9 Å². The van der Waals surface area contributed by atoms with Crippen molar-refractivity contribution >= 4 is 17.7 Å². The van der Waals surface area contributed by atoms with Crippen molar-refractivity contribution in [2.45, 2.75) is 82.4 Å². The molecule has 3 atom stereocenters. The second kappa shape index (κ2) is 12.8. The number of hydrogen-bond acceptors (Lipinski definition) is 5. The number of amides is 3. The molecule has 0 aromatic heterocycles. The van der Waals surface area contributed by atoms with Crippen LogP contribution in [0.3, 0.4) is 0 Å². The van der Waals surface area contributed by atoms with Crippen molar-refractivity contribution < 1.29 is 23.5 Å². The number of likely N-dealkylation sites (tertiary alicyclic amines) is 1. The van der Waals surface area contributed by atoms with Gasteiger partial charge in [0.2, 0.25) is 11.8 Å². The number of carbonyl (C=O) groups excluding carboxylic acids is 3. The van der Waals surface area contributed by atoms with Gasteiger partial charge in [-0.25, -0.2) is 4.39 Å². The highest BCUT2D eigenvalue weighted by molar-refractivity contribution is 5.97. The molecule has 2 unspecified atom stereocenters. The van der Waals surface area contributed by atoms with E-state index < -0.39 is 11.9 Å². The minimum absolute atomic E-state index is 0.0301. The zero-order valence-corrected chi connectivity index (χ0v) is 22.9. The molecule has 1 aromatic rings. The molecule has 4 fully saturated rings. The van der Waals surface area contributed by atoms with Gasteiger partial charge in [0, 0.05) is 43.8 Å². The third-order valence-electron chi connectivity index (χ3n) is 9.17. The largest absolute Gasteiger partial charge is 0.376 e. The van der Waals surface area contributed by atoms with Gasteiger partial charge < -0.3 is 25.6 Å². The zero-order valence-electron chi connectivity index (χ0n) is 22.9. The predicted molar refractivity (Wildman–Crippen MR) is 145 cm³/mol. The second-order valence-corrected chi connectivity index (χ2v) is 12.0. The van der Waals surface area contributed by atoms with E-state index in [-0.39, 0.29) is 35.8 Å². The Morgan fingerprint density at radius 2 is 1.72 bits per heavy atom. The number of hydrogen-bond donors (Lipinski definition) is 2. The Bertz CT molecular complexity index is 1000. The van der Waals surface area contributed by atoms with E-state index >= 15 is 0 Å². The first-order valence-electron chi connectivity index (χ1n) is 14.9. The fraction of sp³-hybridized carbons (Fsp3) is 0.700. The molecule has 3 N–H and O–H groups in total. The summed E-state index contributed by atoms with van der Waals surface area (Å²) in [5, 5.41) is 3.15. The van der Waals surface area contributed by atoms with Gasteiger partial charge in [-0.2, -0.15) is 0 Å². The van der Waals surface area contributed by atoms with Crippen molar-refractivity contribution in [3.05, 3.63) is 35.6 Å². The molecule has 0 radical (unpaired) electrons. The van der Waals surface area contributed by atoms with Crippen LogP contribution in [0.1, 0.15) is 74.6 Å². The van der Waals surface area contributed by atoms with Crippen LogP contribution in [-0.4, -0.2) is 78.5 Å². The van der Waals surface area contributed by atoms with Crippen LogP contribution in [0, 0.1) is 23.6 Å². The Balaban J connectivity index is 1.30. The lowest BCUT2D eigenvalue weighted by molar-refractivity contribution is -0.140. The van der Waals surface area contributed by atoms with Crippen LogP contribution in [-0.2, 0) is 14.3 Å². The van der Waals surface area contributed by atoms with E-state index in [0.717, 1.165) is 58.0 Å². The molecule has 4 aliphatic rings. The second-order valence-electron chi connectivity index (χ2n) is 12.0. The molecule has 3 amide bonds. The first-order chi connectivity index (χ1) is 18.9. The molecule has 0 bridgehead atoms. The lowest BCUT2D eigenvalue weighted by Gasteiger charge is -2.43. The van der Waals surface area contributed by atoms with Gasteiger partial charge in [-0.15, -0.1) is 0 Å². The quantitative estimate of drug-likeness (QED) is 0.499. The highest BCUT2D eigenvalue weighted by atomic mass is 19.1. The van der Waals surface area contributed by atoms with Crippen molar-refractivity contribution in [2.75, 3.05) is 32.8 Å². The minimum atomic E-state index is -0.694. The van der Waals surface area contributed by atoms with Gasteiger partial charge in [-0.3, -0.25) is 14.4 Å². The molecule has 8 nitrogen and oxygen atoms in total. The highest BCUT2D eigenvalue weighted by Crippen LogP contribution is 2.35. The zero-order chi connectivity index (χ0) is 27.4. The first-order valence-corrected chi connectivity index (χ1v) is 14.9. The molecule has 2 aliphatic heterocycles. The van der Waals surface area contributed by atoms with Crippen molar-refractivity contribution in [3.8, 4) is 0 Å². The average Bonchev–Trinajstić information content (AvgIpc) is 3.69. The molecule has 2 aliphatic carbocycles. The fourth-order valence-electron chi connectivity index (χ4n) is 6.51. The van der Waals surface area contributed by atoms with E-state index in [1.54, 1.807) is 4.90 Å². The summed E-state index contributed by atoms with van der Waals surface area (Å²) in [7, 11) is 0. The number of nitrogens with two attached hydrogens (primary N) is 1. The molecule has 214 valence electrons. The molecule has 0 spiro atoms. The smallest absolute Gasteiger partial charge is 0.254 e. The van der Waals surface area contributed by atoms with E-state index in [1.165, 1.54) is 24.3 Å². The van der Waals surface area contributed by atoms with Crippen LogP contribution in [0.5, 0.6) is 0 Å². The van der Waals surface area contributed by atoms with E-state index in [9.17, 15) is 18.8 Å². The van der Waals surface area contributed by atoms with Crippen LogP contribution in [0.2, 0.25) is 0 Å². The standard InChI is InChI=1S/C30H43FN4O4/c31-24-11-9-23(10-12-24)29(37)34-14-13-25(35(30(38)22-7-8-22)19-26-2-1-15-39-26)16-27(34)28(36)33-18-21-5-3-20(17-32)4-6-21/h9-12,20-22,25-27H,1-8,13-19,32H2,(H,33,36)/t20?,21?,25?,26?,27-/m1/s1. The van der Waals surface area contributed by atoms with Gasteiger partial charge in [0.25, 0.3) is 5.91 Å². The maximum absolute atomic E-state index is 13.7. The maximum Gasteiger partial charge on any atom is 0.254 e. The van der Waals surface area contributed by atoms with Crippen molar-refractivity contribution in [3.63, 3.8) is 0 Å². The van der Waals surface area contributed by atoms with E-state index in [0.29, 0.717) is 56.4 Å². The fourth-order valence-corrected chi connectivity index (χ4v) is 6.51. The number of ether oxygens (including phenoxy) is 1. The summed E-state index contributed by atoms with van der Waals surface area (Å²) in [6.45, 7) is 2.92. The number of carbonyl (C=O) groups is 3. The summed E-state index contributed by atoms with van der Waals surface area (Å²) in [4.78, 5) is 44.1.